The molecule has 0 aromatic heterocycles. The molecule has 0 heterocycles. The van der Waals surface area contributed by atoms with E-state index in [0.717, 1.165) is 5.56 Å². The zero-order chi connectivity index (χ0) is 10.6. The second kappa shape index (κ2) is 5.17. The number of anilines is 1. The minimum Gasteiger partial charge on any atom is -0.390 e. The molecule has 0 amide bonds. The van der Waals surface area contributed by atoms with Gasteiger partial charge in [-0.3, -0.25) is 0 Å². The van der Waals surface area contributed by atoms with Crippen LogP contribution in [0.4, 0.5) is 10.1 Å². The van der Waals surface area contributed by atoms with Gasteiger partial charge >= 0.3 is 0 Å². The highest BCUT2D eigenvalue weighted by Gasteiger charge is 2.02. The Morgan fingerprint density at radius 2 is 2.21 bits per heavy atom. The van der Waals surface area contributed by atoms with Crippen LogP contribution in [0.25, 0.3) is 0 Å². The Morgan fingerprint density at radius 3 is 2.79 bits per heavy atom. The number of aryl methyl sites for hydroxylation is 1. The first-order valence-corrected chi connectivity index (χ1v) is 4.90. The van der Waals surface area contributed by atoms with E-state index in [1.165, 1.54) is 12.1 Å². The number of rotatable bonds is 4. The van der Waals surface area contributed by atoms with E-state index < -0.39 is 6.10 Å². The van der Waals surface area contributed by atoms with Crippen molar-refractivity contribution in [1.29, 1.82) is 0 Å². The quantitative estimate of drug-likeness (QED) is 0.758. The van der Waals surface area contributed by atoms with Gasteiger partial charge < -0.3 is 10.4 Å². The SMILES string of the molecule is Cc1cc(F)cc(NCC(O)CCl)c1. The van der Waals surface area contributed by atoms with Crippen LogP contribution in [0, 0.1) is 12.7 Å². The summed E-state index contributed by atoms with van der Waals surface area (Å²) in [5, 5.41) is 12.1. The number of nitrogens with one attached hydrogen (secondary N) is 1. The highest BCUT2D eigenvalue weighted by molar-refractivity contribution is 6.18. The molecule has 0 saturated heterocycles. The van der Waals surface area contributed by atoms with E-state index in [1.54, 1.807) is 0 Å². The third-order valence-electron chi connectivity index (χ3n) is 1.76. The molecule has 1 atom stereocenters. The number of alkyl halides is 1. The fourth-order valence-corrected chi connectivity index (χ4v) is 1.24. The lowest BCUT2D eigenvalue weighted by Crippen LogP contribution is -2.20. The van der Waals surface area contributed by atoms with Crippen molar-refractivity contribution in [3.05, 3.63) is 29.6 Å². The van der Waals surface area contributed by atoms with Gasteiger partial charge in [-0.2, -0.15) is 0 Å². The summed E-state index contributed by atoms with van der Waals surface area (Å²) in [4.78, 5) is 0. The molecule has 2 nitrogen and oxygen atoms in total. The van der Waals surface area contributed by atoms with Crippen molar-refractivity contribution in [1.82, 2.24) is 0 Å². The molecule has 2 N–H and O–H groups in total. The largest absolute Gasteiger partial charge is 0.390 e. The molecular weight excluding hydrogens is 205 g/mol. The number of halogens is 2. The number of benzene rings is 1. The molecule has 0 saturated carbocycles. The zero-order valence-corrected chi connectivity index (χ0v) is 8.68. The van der Waals surface area contributed by atoms with E-state index >= 15 is 0 Å². The fourth-order valence-electron chi connectivity index (χ4n) is 1.13. The minimum absolute atomic E-state index is 0.168. The summed E-state index contributed by atoms with van der Waals surface area (Å²) in [7, 11) is 0. The lowest BCUT2D eigenvalue weighted by Gasteiger charge is -2.10. The van der Waals surface area contributed by atoms with Gasteiger partial charge in [-0.15, -0.1) is 11.6 Å². The van der Waals surface area contributed by atoms with Crippen molar-refractivity contribution in [2.45, 2.75) is 13.0 Å². The predicted molar refractivity (Wildman–Crippen MR) is 56.4 cm³/mol. The third-order valence-corrected chi connectivity index (χ3v) is 2.12. The molecule has 1 rings (SSSR count). The smallest absolute Gasteiger partial charge is 0.125 e. The van der Waals surface area contributed by atoms with Gasteiger partial charge in [0.25, 0.3) is 0 Å². The monoisotopic (exact) mass is 217 g/mol. The van der Waals surface area contributed by atoms with Gasteiger partial charge in [0, 0.05) is 12.2 Å². The van der Waals surface area contributed by atoms with Crippen LogP contribution in [0.1, 0.15) is 5.56 Å². The van der Waals surface area contributed by atoms with Gasteiger partial charge in [0.2, 0.25) is 0 Å². The molecule has 78 valence electrons. The van der Waals surface area contributed by atoms with Crippen LogP contribution in [-0.4, -0.2) is 23.6 Å². The summed E-state index contributed by atoms with van der Waals surface area (Å²) >= 11 is 5.42. The van der Waals surface area contributed by atoms with Crippen LogP contribution >= 0.6 is 11.6 Å². The van der Waals surface area contributed by atoms with Gasteiger partial charge in [-0.05, 0) is 30.7 Å². The van der Waals surface area contributed by atoms with E-state index in [4.69, 9.17) is 16.7 Å². The molecule has 1 aromatic rings. The lowest BCUT2D eigenvalue weighted by atomic mass is 10.2. The molecule has 0 bridgehead atoms. The van der Waals surface area contributed by atoms with Gasteiger partial charge in [0.1, 0.15) is 5.82 Å². The highest BCUT2D eigenvalue weighted by atomic mass is 35.5. The van der Waals surface area contributed by atoms with Crippen molar-refractivity contribution in [3.63, 3.8) is 0 Å². The van der Waals surface area contributed by atoms with Crippen LogP contribution in [0.2, 0.25) is 0 Å². The Morgan fingerprint density at radius 1 is 1.50 bits per heavy atom. The first-order chi connectivity index (χ1) is 6.61. The summed E-state index contributed by atoms with van der Waals surface area (Å²) in [5.41, 5.74) is 1.50. The van der Waals surface area contributed by atoms with Crippen molar-refractivity contribution in [2.75, 3.05) is 17.7 Å². The van der Waals surface area contributed by atoms with Crippen molar-refractivity contribution < 1.29 is 9.50 Å². The van der Waals surface area contributed by atoms with E-state index in [2.05, 4.69) is 5.32 Å². The van der Waals surface area contributed by atoms with E-state index in [1.807, 2.05) is 13.0 Å². The third kappa shape index (κ3) is 3.52. The highest BCUT2D eigenvalue weighted by Crippen LogP contribution is 2.13. The molecule has 0 radical (unpaired) electrons. The number of aliphatic hydroxyl groups excluding tert-OH is 1. The first-order valence-electron chi connectivity index (χ1n) is 4.37. The van der Waals surface area contributed by atoms with Crippen LogP contribution < -0.4 is 5.32 Å². The Hall–Kier alpha value is -0.800. The molecule has 1 unspecified atom stereocenters. The Bertz CT molecular complexity index is 286. The molecule has 4 heteroatoms. The maximum absolute atomic E-state index is 12.9. The van der Waals surface area contributed by atoms with Crippen LogP contribution in [-0.2, 0) is 0 Å². The normalized spacial score (nSPS) is 12.6. The Balaban J connectivity index is 2.58. The number of hydrogen-bond acceptors (Lipinski definition) is 2. The maximum Gasteiger partial charge on any atom is 0.125 e. The Kier molecular flexibility index (Phi) is 4.17. The molecule has 0 spiro atoms. The van der Waals surface area contributed by atoms with Crippen molar-refractivity contribution >= 4 is 17.3 Å². The second-order valence-corrected chi connectivity index (χ2v) is 3.51. The first kappa shape index (κ1) is 11.3. The van der Waals surface area contributed by atoms with Gasteiger partial charge in [-0.25, -0.2) is 4.39 Å². The van der Waals surface area contributed by atoms with E-state index in [0.29, 0.717) is 12.2 Å². The predicted octanol–water partition coefficient (Wildman–Crippen LogP) is 2.15. The summed E-state index contributed by atoms with van der Waals surface area (Å²) in [6.07, 6.45) is -0.611. The number of aliphatic hydroxyl groups is 1. The summed E-state index contributed by atoms with van der Waals surface area (Å²) < 4.78 is 12.9. The average molecular weight is 218 g/mol. The lowest BCUT2D eigenvalue weighted by molar-refractivity contribution is 0.211. The van der Waals surface area contributed by atoms with Crippen LogP contribution in [0.3, 0.4) is 0 Å². The standard InChI is InChI=1S/C10H13ClFNO/c1-7-2-8(12)4-9(3-7)13-6-10(14)5-11/h2-4,10,13-14H,5-6H2,1H3. The van der Waals surface area contributed by atoms with Crippen molar-refractivity contribution in [3.8, 4) is 0 Å². The minimum atomic E-state index is -0.611. The molecule has 0 aliphatic rings. The molecule has 14 heavy (non-hydrogen) atoms. The Labute approximate surface area is 87.7 Å². The van der Waals surface area contributed by atoms with Crippen molar-refractivity contribution in [2.24, 2.45) is 0 Å². The fraction of sp³-hybridized carbons (Fsp3) is 0.400. The van der Waals surface area contributed by atoms with Crippen LogP contribution in [0.15, 0.2) is 18.2 Å². The summed E-state index contributed by atoms with van der Waals surface area (Å²) in [5.74, 6) is -0.116. The second-order valence-electron chi connectivity index (χ2n) is 3.21. The molecule has 0 aliphatic carbocycles. The van der Waals surface area contributed by atoms with E-state index in [9.17, 15) is 4.39 Å². The van der Waals surface area contributed by atoms with Gasteiger partial charge in [0.05, 0.1) is 12.0 Å². The molecule has 0 fully saturated rings. The van der Waals surface area contributed by atoms with Gasteiger partial charge in [0.15, 0.2) is 0 Å². The van der Waals surface area contributed by atoms with Gasteiger partial charge in [-0.1, -0.05) is 0 Å². The topological polar surface area (TPSA) is 32.3 Å². The molecular formula is C10H13ClFNO. The molecule has 0 aliphatic heterocycles. The number of hydrogen-bond donors (Lipinski definition) is 2. The average Bonchev–Trinajstić information content (AvgIpc) is 2.12. The van der Waals surface area contributed by atoms with Crippen LogP contribution in [0.5, 0.6) is 0 Å². The summed E-state index contributed by atoms with van der Waals surface area (Å²) in [6, 6.07) is 4.64. The maximum atomic E-state index is 12.9. The van der Waals surface area contributed by atoms with E-state index in [-0.39, 0.29) is 11.7 Å². The summed E-state index contributed by atoms with van der Waals surface area (Å²) in [6.45, 7) is 2.14. The zero-order valence-electron chi connectivity index (χ0n) is 7.93. The molecule has 1 aromatic carbocycles.